The largest absolute Gasteiger partial charge is 0.493 e. The minimum absolute atomic E-state index is 0.0918. The molecule has 2 rings (SSSR count). The van der Waals surface area contributed by atoms with Crippen LogP contribution in [0.2, 0.25) is 5.02 Å². The highest BCUT2D eigenvalue weighted by molar-refractivity contribution is 6.33. The molecule has 6 heteroatoms. The molecule has 1 N–H and O–H groups in total. The third-order valence-electron chi connectivity index (χ3n) is 2.91. The Kier molecular flexibility index (Phi) is 4.42. The molecule has 0 spiro atoms. The number of methoxy groups -OCH3 is 2. The van der Waals surface area contributed by atoms with E-state index in [1.54, 1.807) is 12.1 Å². The molecule has 1 atom stereocenters. The highest BCUT2D eigenvalue weighted by Crippen LogP contribution is 2.41. The van der Waals surface area contributed by atoms with Gasteiger partial charge in [-0.05, 0) is 12.1 Å². The lowest BCUT2D eigenvalue weighted by Crippen LogP contribution is -2.05. The Bertz CT molecular complexity index is 621. The van der Waals surface area contributed by atoms with Crippen molar-refractivity contribution >= 4 is 11.6 Å². The van der Waals surface area contributed by atoms with E-state index in [1.165, 1.54) is 26.5 Å². The quantitative estimate of drug-likeness (QED) is 0.942. The summed E-state index contributed by atoms with van der Waals surface area (Å²) in [6.07, 6.45) is 1.22. The fourth-order valence-electron chi connectivity index (χ4n) is 1.89. The maximum absolute atomic E-state index is 13.7. The molecule has 0 aliphatic heterocycles. The molecule has 4 nitrogen and oxygen atoms in total. The number of aliphatic hydroxyl groups is 1. The third-order valence-corrected chi connectivity index (χ3v) is 3.30. The van der Waals surface area contributed by atoms with Gasteiger partial charge in [0, 0.05) is 17.3 Å². The summed E-state index contributed by atoms with van der Waals surface area (Å²) < 4.78 is 23.9. The second-order valence-corrected chi connectivity index (χ2v) is 4.38. The number of hydrogen-bond acceptors (Lipinski definition) is 4. The summed E-state index contributed by atoms with van der Waals surface area (Å²) in [5.41, 5.74) is 0.420. The minimum Gasteiger partial charge on any atom is -0.493 e. The molecular formula is C14H13ClFNO3. The SMILES string of the molecule is COc1ccc(C(O)c2ccncc2F)c(Cl)c1OC. The van der Waals surface area contributed by atoms with Gasteiger partial charge >= 0.3 is 0 Å². The Morgan fingerprint density at radius 3 is 2.55 bits per heavy atom. The predicted octanol–water partition coefficient (Wildman–Crippen LogP) is 2.97. The smallest absolute Gasteiger partial charge is 0.179 e. The zero-order valence-electron chi connectivity index (χ0n) is 10.9. The van der Waals surface area contributed by atoms with Crippen molar-refractivity contribution in [2.75, 3.05) is 14.2 Å². The number of benzene rings is 1. The lowest BCUT2D eigenvalue weighted by molar-refractivity contribution is 0.214. The van der Waals surface area contributed by atoms with Crippen molar-refractivity contribution in [1.29, 1.82) is 0 Å². The van der Waals surface area contributed by atoms with Gasteiger partial charge in [-0.15, -0.1) is 0 Å². The summed E-state index contributed by atoms with van der Waals surface area (Å²) in [4.78, 5) is 3.64. The summed E-state index contributed by atoms with van der Waals surface area (Å²) in [5, 5.41) is 10.5. The Balaban J connectivity index is 2.51. The first-order valence-electron chi connectivity index (χ1n) is 5.78. The summed E-state index contributed by atoms with van der Waals surface area (Å²) >= 11 is 6.19. The van der Waals surface area contributed by atoms with E-state index >= 15 is 0 Å². The van der Waals surface area contributed by atoms with Crippen LogP contribution in [0, 0.1) is 5.82 Å². The second-order valence-electron chi connectivity index (χ2n) is 4.00. The van der Waals surface area contributed by atoms with Gasteiger partial charge in [0.05, 0.1) is 25.4 Å². The van der Waals surface area contributed by atoms with Crippen LogP contribution in [-0.4, -0.2) is 24.3 Å². The van der Waals surface area contributed by atoms with E-state index < -0.39 is 11.9 Å². The van der Waals surface area contributed by atoms with Crippen LogP contribution < -0.4 is 9.47 Å². The van der Waals surface area contributed by atoms with E-state index in [0.29, 0.717) is 17.1 Å². The van der Waals surface area contributed by atoms with E-state index in [0.717, 1.165) is 6.20 Å². The first kappa shape index (κ1) is 14.6. The van der Waals surface area contributed by atoms with Crippen LogP contribution in [0.3, 0.4) is 0 Å². The molecule has 0 aliphatic carbocycles. The first-order valence-corrected chi connectivity index (χ1v) is 6.15. The maximum Gasteiger partial charge on any atom is 0.179 e. The van der Waals surface area contributed by atoms with E-state index in [1.807, 2.05) is 0 Å². The molecule has 20 heavy (non-hydrogen) atoms. The van der Waals surface area contributed by atoms with Crippen molar-refractivity contribution in [3.05, 3.63) is 52.6 Å². The van der Waals surface area contributed by atoms with Gasteiger partial charge in [-0.25, -0.2) is 4.39 Å². The fraction of sp³-hybridized carbons (Fsp3) is 0.214. The van der Waals surface area contributed by atoms with E-state index in [-0.39, 0.29) is 10.6 Å². The number of hydrogen-bond donors (Lipinski definition) is 1. The van der Waals surface area contributed by atoms with Crippen molar-refractivity contribution in [3.8, 4) is 11.5 Å². The minimum atomic E-state index is -1.22. The maximum atomic E-state index is 13.7. The van der Waals surface area contributed by atoms with Crippen molar-refractivity contribution in [1.82, 2.24) is 4.98 Å². The molecule has 0 saturated carbocycles. The lowest BCUT2D eigenvalue weighted by atomic mass is 10.0. The van der Waals surface area contributed by atoms with Gasteiger partial charge in [0.25, 0.3) is 0 Å². The van der Waals surface area contributed by atoms with E-state index in [2.05, 4.69) is 4.98 Å². The molecule has 1 aromatic heterocycles. The Morgan fingerprint density at radius 1 is 1.20 bits per heavy atom. The molecule has 0 bridgehead atoms. The number of nitrogens with zero attached hydrogens (tertiary/aromatic N) is 1. The molecule has 1 aromatic carbocycles. The summed E-state index contributed by atoms with van der Waals surface area (Å²) in [6.45, 7) is 0. The monoisotopic (exact) mass is 297 g/mol. The average molecular weight is 298 g/mol. The second kappa shape index (κ2) is 6.07. The average Bonchev–Trinajstić information content (AvgIpc) is 2.46. The molecule has 0 amide bonds. The molecule has 1 unspecified atom stereocenters. The van der Waals surface area contributed by atoms with Crippen LogP contribution in [-0.2, 0) is 0 Å². The molecule has 0 radical (unpaired) electrons. The zero-order valence-corrected chi connectivity index (χ0v) is 11.7. The number of rotatable bonds is 4. The molecule has 1 heterocycles. The van der Waals surface area contributed by atoms with Gasteiger partial charge in [-0.2, -0.15) is 0 Å². The van der Waals surface area contributed by atoms with Crippen LogP contribution in [0.5, 0.6) is 11.5 Å². The molecule has 106 valence electrons. The molecular weight excluding hydrogens is 285 g/mol. The molecule has 0 saturated heterocycles. The summed E-state index contributed by atoms with van der Waals surface area (Å²) in [7, 11) is 2.92. The third kappa shape index (κ3) is 2.55. The van der Waals surface area contributed by atoms with Gasteiger partial charge < -0.3 is 14.6 Å². The molecule has 0 aliphatic rings. The van der Waals surface area contributed by atoms with Crippen molar-refractivity contribution in [2.24, 2.45) is 0 Å². The number of halogens is 2. The van der Waals surface area contributed by atoms with Crippen molar-refractivity contribution < 1.29 is 19.0 Å². The van der Waals surface area contributed by atoms with Crippen molar-refractivity contribution in [3.63, 3.8) is 0 Å². The van der Waals surface area contributed by atoms with Crippen LogP contribution in [0.4, 0.5) is 4.39 Å². The Morgan fingerprint density at radius 2 is 1.95 bits per heavy atom. The van der Waals surface area contributed by atoms with Crippen LogP contribution in [0.25, 0.3) is 0 Å². The normalized spacial score (nSPS) is 12.1. The zero-order chi connectivity index (χ0) is 14.7. The number of aliphatic hydroxyl groups excluding tert-OH is 1. The van der Waals surface area contributed by atoms with Gasteiger partial charge in [-0.3, -0.25) is 4.98 Å². The first-order chi connectivity index (χ1) is 9.60. The van der Waals surface area contributed by atoms with E-state index in [9.17, 15) is 9.50 Å². The van der Waals surface area contributed by atoms with Crippen molar-refractivity contribution in [2.45, 2.75) is 6.10 Å². The lowest BCUT2D eigenvalue weighted by Gasteiger charge is -2.17. The number of ether oxygens (including phenoxy) is 2. The number of pyridine rings is 1. The summed E-state index contributed by atoms with van der Waals surface area (Å²) in [5.74, 6) is 0.120. The van der Waals surface area contributed by atoms with Crippen LogP contribution in [0.1, 0.15) is 17.2 Å². The summed E-state index contributed by atoms with van der Waals surface area (Å²) in [6, 6.07) is 4.56. The van der Waals surface area contributed by atoms with Gasteiger partial charge in [-0.1, -0.05) is 17.7 Å². The van der Waals surface area contributed by atoms with Gasteiger partial charge in [0.2, 0.25) is 0 Å². The van der Waals surface area contributed by atoms with Crippen LogP contribution >= 0.6 is 11.6 Å². The standard InChI is InChI=1S/C14H13ClFNO3/c1-19-11-4-3-9(12(15)14(11)20-2)13(18)8-5-6-17-7-10(8)16/h3-7,13,18H,1-2H3. The van der Waals surface area contributed by atoms with Crippen LogP contribution in [0.15, 0.2) is 30.6 Å². The topological polar surface area (TPSA) is 51.6 Å². The highest BCUT2D eigenvalue weighted by Gasteiger charge is 2.21. The van der Waals surface area contributed by atoms with E-state index in [4.69, 9.17) is 21.1 Å². The molecule has 0 fully saturated rings. The molecule has 2 aromatic rings. The Labute approximate surface area is 120 Å². The Hall–Kier alpha value is -1.85. The fourth-order valence-corrected chi connectivity index (χ4v) is 2.23. The number of aromatic nitrogens is 1. The predicted molar refractivity (Wildman–Crippen MR) is 72.8 cm³/mol. The highest BCUT2D eigenvalue weighted by atomic mass is 35.5. The van der Waals surface area contributed by atoms with Gasteiger partial charge in [0.15, 0.2) is 11.5 Å². The van der Waals surface area contributed by atoms with Gasteiger partial charge in [0.1, 0.15) is 11.9 Å².